The molecule has 0 aromatic heterocycles. The van der Waals surface area contributed by atoms with E-state index in [1.165, 1.54) is 0 Å². The summed E-state index contributed by atoms with van der Waals surface area (Å²) in [5, 5.41) is 0. The zero-order valence-electron chi connectivity index (χ0n) is 18.1. The zero-order valence-corrected chi connectivity index (χ0v) is 18.1. The average Bonchev–Trinajstić information content (AvgIpc) is 3.01. The molecule has 0 heterocycles. The van der Waals surface area contributed by atoms with E-state index < -0.39 is 46.8 Å². The van der Waals surface area contributed by atoms with Crippen LogP contribution in [0.1, 0.15) is 58.8 Å². The molecule has 186 valence electrons. The number of Topliss-reactive ketones (excluding diaryl/α,β-unsaturated/α-hetero) is 1. The van der Waals surface area contributed by atoms with Crippen LogP contribution in [-0.4, -0.2) is 29.7 Å². The SMILES string of the molecule is C[C@]12CCC(C(F)(F)C(F)(F)C(F)(F)C(F)(F)F)=CC1=CC[C@@H]1[C@@H]2CC[C@]2(C)C(=O)CC[C@@H]12. The second-order valence-corrected chi connectivity index (χ2v) is 10.5. The molecule has 0 spiro atoms. The first-order chi connectivity index (χ1) is 14.9. The Hall–Kier alpha value is -1.48. The van der Waals surface area contributed by atoms with E-state index in [1.807, 2.05) is 13.8 Å². The van der Waals surface area contributed by atoms with E-state index >= 15 is 0 Å². The van der Waals surface area contributed by atoms with Crippen molar-refractivity contribution >= 4 is 5.78 Å². The molecule has 1 nitrogen and oxygen atoms in total. The summed E-state index contributed by atoms with van der Waals surface area (Å²) < 4.78 is 121. The quantitative estimate of drug-likeness (QED) is 0.376. The summed E-state index contributed by atoms with van der Waals surface area (Å²) in [6.45, 7) is 3.76. The van der Waals surface area contributed by atoms with Gasteiger partial charge in [0, 0.05) is 17.4 Å². The molecule has 2 fully saturated rings. The van der Waals surface area contributed by atoms with Crippen molar-refractivity contribution in [3.63, 3.8) is 0 Å². The normalized spacial score (nSPS) is 37.7. The van der Waals surface area contributed by atoms with Crippen molar-refractivity contribution in [2.24, 2.45) is 28.6 Å². The summed E-state index contributed by atoms with van der Waals surface area (Å²) in [5.74, 6) is -18.8. The number of ketones is 1. The summed E-state index contributed by atoms with van der Waals surface area (Å²) in [6, 6.07) is 0. The highest BCUT2D eigenvalue weighted by atomic mass is 19.4. The molecule has 0 aromatic carbocycles. The number of allylic oxidation sites excluding steroid dienone is 4. The van der Waals surface area contributed by atoms with Crippen molar-refractivity contribution in [2.75, 3.05) is 0 Å². The maximum atomic E-state index is 14.5. The van der Waals surface area contributed by atoms with Crippen LogP contribution in [0.3, 0.4) is 0 Å². The minimum absolute atomic E-state index is 0.00924. The summed E-state index contributed by atoms with van der Waals surface area (Å²) in [4.78, 5) is 12.4. The fraction of sp³-hybridized carbons (Fsp3) is 0.783. The predicted molar refractivity (Wildman–Crippen MR) is 101 cm³/mol. The number of fused-ring (bicyclic) bond motifs is 5. The van der Waals surface area contributed by atoms with Crippen LogP contribution in [0.4, 0.5) is 39.5 Å². The van der Waals surface area contributed by atoms with Gasteiger partial charge in [-0.3, -0.25) is 4.79 Å². The van der Waals surface area contributed by atoms with Gasteiger partial charge >= 0.3 is 23.9 Å². The lowest BCUT2D eigenvalue weighted by molar-refractivity contribution is -0.390. The number of alkyl halides is 9. The maximum absolute atomic E-state index is 14.5. The van der Waals surface area contributed by atoms with E-state index in [-0.39, 0.29) is 35.5 Å². The van der Waals surface area contributed by atoms with Crippen LogP contribution in [0.5, 0.6) is 0 Å². The van der Waals surface area contributed by atoms with E-state index in [0.717, 1.165) is 6.42 Å². The van der Waals surface area contributed by atoms with Gasteiger partial charge in [-0.2, -0.15) is 39.5 Å². The number of rotatable bonds is 3. The van der Waals surface area contributed by atoms with Gasteiger partial charge in [-0.25, -0.2) is 0 Å². The summed E-state index contributed by atoms with van der Waals surface area (Å²) in [7, 11) is 0. The van der Waals surface area contributed by atoms with Crippen LogP contribution in [0.25, 0.3) is 0 Å². The van der Waals surface area contributed by atoms with Crippen molar-refractivity contribution in [2.45, 2.75) is 82.7 Å². The molecular weight excluding hydrogens is 463 g/mol. The van der Waals surface area contributed by atoms with Gasteiger partial charge in [-0.15, -0.1) is 0 Å². The van der Waals surface area contributed by atoms with E-state index in [4.69, 9.17) is 0 Å². The first-order valence-corrected chi connectivity index (χ1v) is 11.1. The predicted octanol–water partition coefficient (Wildman–Crippen LogP) is 7.52. The van der Waals surface area contributed by atoms with Crippen LogP contribution >= 0.6 is 0 Å². The van der Waals surface area contributed by atoms with Crippen molar-refractivity contribution < 1.29 is 44.3 Å². The van der Waals surface area contributed by atoms with Crippen molar-refractivity contribution in [1.29, 1.82) is 0 Å². The van der Waals surface area contributed by atoms with E-state index in [1.54, 1.807) is 6.08 Å². The van der Waals surface area contributed by atoms with Crippen LogP contribution in [-0.2, 0) is 4.79 Å². The highest BCUT2D eigenvalue weighted by molar-refractivity contribution is 5.87. The average molecular weight is 488 g/mol. The number of halogens is 9. The summed E-state index contributed by atoms with van der Waals surface area (Å²) in [5.41, 5.74) is -2.26. The standard InChI is InChI=1S/C23H25F9O/c1-18-9-7-13(20(24,25)21(26,27)22(28,29)23(30,31)32)11-12(18)3-4-14-15-5-6-17(33)19(15,2)10-8-16(14)18/h3,11,14-16H,4-10H2,1-2H3/t14-,15-,16-,18-,19-/m0/s1. The minimum atomic E-state index is -6.89. The molecule has 0 saturated heterocycles. The van der Waals surface area contributed by atoms with Gasteiger partial charge in [0.1, 0.15) is 5.78 Å². The van der Waals surface area contributed by atoms with Crippen molar-refractivity contribution in [1.82, 2.24) is 0 Å². The maximum Gasteiger partial charge on any atom is 0.460 e. The highest BCUT2D eigenvalue weighted by Crippen LogP contribution is 2.65. The second kappa shape index (κ2) is 7.03. The van der Waals surface area contributed by atoms with Gasteiger partial charge in [-0.05, 0) is 67.3 Å². The Morgan fingerprint density at radius 2 is 1.42 bits per heavy atom. The summed E-state index contributed by atoms with van der Waals surface area (Å²) >= 11 is 0. The molecule has 5 atom stereocenters. The van der Waals surface area contributed by atoms with Gasteiger partial charge in [0.2, 0.25) is 0 Å². The first kappa shape index (κ1) is 24.6. The largest absolute Gasteiger partial charge is 0.460 e. The van der Waals surface area contributed by atoms with Crippen LogP contribution < -0.4 is 0 Å². The lowest BCUT2D eigenvalue weighted by Crippen LogP contribution is -2.61. The van der Waals surface area contributed by atoms with Gasteiger partial charge in [0.05, 0.1) is 0 Å². The monoisotopic (exact) mass is 488 g/mol. The summed E-state index contributed by atoms with van der Waals surface area (Å²) in [6.07, 6.45) is -2.37. The van der Waals surface area contributed by atoms with E-state index in [0.29, 0.717) is 31.8 Å². The Labute approximate surface area is 185 Å². The Morgan fingerprint density at radius 3 is 2.03 bits per heavy atom. The molecular formula is C23H25F9O. The molecule has 4 aliphatic rings. The highest BCUT2D eigenvalue weighted by Gasteiger charge is 2.82. The van der Waals surface area contributed by atoms with Gasteiger partial charge < -0.3 is 0 Å². The Kier molecular flexibility index (Phi) is 5.25. The molecule has 33 heavy (non-hydrogen) atoms. The third-order valence-electron chi connectivity index (χ3n) is 9.03. The molecule has 4 aliphatic carbocycles. The van der Waals surface area contributed by atoms with Gasteiger partial charge in [0.15, 0.2) is 0 Å². The third-order valence-corrected chi connectivity index (χ3v) is 9.03. The Bertz CT molecular complexity index is 915. The lowest BCUT2D eigenvalue weighted by atomic mass is 9.48. The molecule has 0 unspecified atom stereocenters. The zero-order chi connectivity index (χ0) is 24.8. The van der Waals surface area contributed by atoms with Crippen molar-refractivity contribution in [3.05, 3.63) is 23.3 Å². The number of carbonyl (C=O) groups excluding carboxylic acids is 1. The molecule has 0 radical (unpaired) electrons. The van der Waals surface area contributed by atoms with E-state index in [9.17, 15) is 44.3 Å². The van der Waals surface area contributed by atoms with Gasteiger partial charge in [-0.1, -0.05) is 26.0 Å². The second-order valence-electron chi connectivity index (χ2n) is 10.5. The molecule has 2 saturated carbocycles. The smallest absolute Gasteiger partial charge is 0.299 e. The minimum Gasteiger partial charge on any atom is -0.299 e. The van der Waals surface area contributed by atoms with Crippen LogP contribution in [0, 0.1) is 28.6 Å². The topological polar surface area (TPSA) is 17.1 Å². The fourth-order valence-corrected chi connectivity index (χ4v) is 6.92. The van der Waals surface area contributed by atoms with E-state index in [2.05, 4.69) is 0 Å². The number of carbonyl (C=O) groups is 1. The molecule has 0 aromatic rings. The molecule has 10 heteroatoms. The number of hydrogen-bond acceptors (Lipinski definition) is 1. The van der Waals surface area contributed by atoms with Gasteiger partial charge in [0.25, 0.3) is 0 Å². The Morgan fingerprint density at radius 1 is 0.818 bits per heavy atom. The molecule has 4 rings (SSSR count). The third kappa shape index (κ3) is 3.10. The lowest BCUT2D eigenvalue weighted by Gasteiger charge is -2.56. The van der Waals surface area contributed by atoms with Crippen LogP contribution in [0.15, 0.2) is 23.3 Å². The van der Waals surface area contributed by atoms with Crippen molar-refractivity contribution in [3.8, 4) is 0 Å². The molecule has 0 aliphatic heterocycles. The first-order valence-electron chi connectivity index (χ1n) is 11.1. The fourth-order valence-electron chi connectivity index (χ4n) is 6.92. The number of hydrogen-bond donors (Lipinski definition) is 0. The molecule has 0 amide bonds. The molecule has 0 bridgehead atoms. The Balaban J connectivity index is 1.68. The molecule has 0 N–H and O–H groups in total. The van der Waals surface area contributed by atoms with Crippen LogP contribution in [0.2, 0.25) is 0 Å².